The molecule has 0 saturated heterocycles. The van der Waals surface area contributed by atoms with Gasteiger partial charge in [-0.05, 0) is 37.6 Å². The molecule has 0 unspecified atom stereocenters. The van der Waals surface area contributed by atoms with Crippen molar-refractivity contribution in [2.24, 2.45) is 0 Å². The average molecular weight is 222 g/mol. The highest BCUT2D eigenvalue weighted by molar-refractivity contribution is 5.88. The summed E-state index contributed by atoms with van der Waals surface area (Å²) in [7, 11) is 0. The van der Waals surface area contributed by atoms with Crippen molar-refractivity contribution in [3.05, 3.63) is 29.3 Å². The van der Waals surface area contributed by atoms with Crippen molar-refractivity contribution in [3.8, 4) is 5.75 Å². The Morgan fingerprint density at radius 1 is 1.50 bits per heavy atom. The lowest BCUT2D eigenvalue weighted by Gasteiger charge is -2.24. The third kappa shape index (κ3) is 1.88. The molecule has 0 bridgehead atoms. The van der Waals surface area contributed by atoms with E-state index in [-0.39, 0.29) is 11.7 Å². The highest BCUT2D eigenvalue weighted by Crippen LogP contribution is 2.33. The lowest BCUT2D eigenvalue weighted by molar-refractivity contribution is -0.0229. The van der Waals surface area contributed by atoms with E-state index < -0.39 is 11.6 Å². The number of fused-ring (bicyclic) bond motifs is 1. The molecule has 0 spiro atoms. The Labute approximate surface area is 93.5 Å². The molecule has 0 amide bonds. The van der Waals surface area contributed by atoms with Crippen molar-refractivity contribution >= 4 is 5.97 Å². The second-order valence-electron chi connectivity index (χ2n) is 4.59. The summed E-state index contributed by atoms with van der Waals surface area (Å²) in [5, 5.41) is 18.7. The predicted molar refractivity (Wildman–Crippen MR) is 57.8 cm³/mol. The van der Waals surface area contributed by atoms with Gasteiger partial charge in [-0.3, -0.25) is 0 Å². The van der Waals surface area contributed by atoms with Crippen LogP contribution >= 0.6 is 0 Å². The van der Waals surface area contributed by atoms with E-state index in [1.54, 1.807) is 26.0 Å². The molecule has 1 atom stereocenters. The van der Waals surface area contributed by atoms with Crippen molar-refractivity contribution in [2.75, 3.05) is 0 Å². The first kappa shape index (κ1) is 11.0. The smallest absolute Gasteiger partial charge is 0.335 e. The van der Waals surface area contributed by atoms with Gasteiger partial charge in [0.05, 0.1) is 11.2 Å². The second kappa shape index (κ2) is 3.49. The number of carboxylic acid groups (broad SMARTS) is 1. The summed E-state index contributed by atoms with van der Waals surface area (Å²) in [4.78, 5) is 10.8. The number of aliphatic hydroxyl groups is 1. The van der Waals surface area contributed by atoms with Gasteiger partial charge < -0.3 is 14.9 Å². The van der Waals surface area contributed by atoms with Crippen molar-refractivity contribution in [3.63, 3.8) is 0 Å². The summed E-state index contributed by atoms with van der Waals surface area (Å²) in [5.74, 6) is -0.286. The summed E-state index contributed by atoms with van der Waals surface area (Å²) in [5.41, 5.74) is 0.161. The Hall–Kier alpha value is -1.55. The fourth-order valence-electron chi connectivity index (χ4n) is 1.78. The van der Waals surface area contributed by atoms with Crippen LogP contribution < -0.4 is 4.74 Å². The van der Waals surface area contributed by atoms with Crippen molar-refractivity contribution in [1.82, 2.24) is 0 Å². The number of carbonyl (C=O) groups is 1. The van der Waals surface area contributed by atoms with E-state index in [2.05, 4.69) is 0 Å². The van der Waals surface area contributed by atoms with Gasteiger partial charge in [-0.2, -0.15) is 0 Å². The molecular formula is C12H14O4. The van der Waals surface area contributed by atoms with E-state index in [0.717, 1.165) is 5.56 Å². The topological polar surface area (TPSA) is 66.8 Å². The Kier molecular flexibility index (Phi) is 2.39. The number of aromatic carboxylic acids is 1. The maximum Gasteiger partial charge on any atom is 0.335 e. The van der Waals surface area contributed by atoms with E-state index in [1.807, 2.05) is 0 Å². The zero-order valence-corrected chi connectivity index (χ0v) is 9.23. The maximum absolute atomic E-state index is 10.8. The van der Waals surface area contributed by atoms with Crippen LogP contribution in [0.4, 0.5) is 0 Å². The first-order valence-corrected chi connectivity index (χ1v) is 5.13. The van der Waals surface area contributed by atoms with Crippen LogP contribution in [0.5, 0.6) is 5.75 Å². The first-order valence-electron chi connectivity index (χ1n) is 5.13. The van der Waals surface area contributed by atoms with Gasteiger partial charge in [0.2, 0.25) is 0 Å². The minimum atomic E-state index is -0.950. The van der Waals surface area contributed by atoms with E-state index in [1.165, 1.54) is 6.07 Å². The molecule has 16 heavy (non-hydrogen) atoms. The van der Waals surface area contributed by atoms with Gasteiger partial charge in [0.25, 0.3) is 0 Å². The molecule has 4 nitrogen and oxygen atoms in total. The van der Waals surface area contributed by atoms with Crippen LogP contribution in [-0.4, -0.2) is 27.9 Å². The predicted octanol–water partition coefficient (Wildman–Crippen LogP) is 1.46. The monoisotopic (exact) mass is 222 g/mol. The SMILES string of the molecule is CC(C)(O)[C@H]1Cc2cc(C(=O)O)ccc2O1. The van der Waals surface area contributed by atoms with Crippen LogP contribution in [0.1, 0.15) is 29.8 Å². The third-order valence-electron chi connectivity index (χ3n) is 2.77. The normalized spacial score (nSPS) is 19.1. The van der Waals surface area contributed by atoms with E-state index in [0.29, 0.717) is 12.2 Å². The second-order valence-corrected chi connectivity index (χ2v) is 4.59. The van der Waals surface area contributed by atoms with Gasteiger partial charge in [0, 0.05) is 6.42 Å². The molecule has 0 fully saturated rings. The minimum absolute atomic E-state index is 0.249. The molecule has 1 heterocycles. The molecule has 0 saturated carbocycles. The molecule has 1 aromatic carbocycles. The molecule has 1 aromatic rings. The maximum atomic E-state index is 10.8. The molecule has 86 valence electrons. The summed E-state index contributed by atoms with van der Waals surface area (Å²) >= 11 is 0. The van der Waals surface area contributed by atoms with Crippen LogP contribution in [-0.2, 0) is 6.42 Å². The van der Waals surface area contributed by atoms with E-state index >= 15 is 0 Å². The van der Waals surface area contributed by atoms with Gasteiger partial charge >= 0.3 is 5.97 Å². The Bertz CT molecular complexity index is 431. The molecule has 2 rings (SSSR count). The minimum Gasteiger partial charge on any atom is -0.487 e. The Balaban J connectivity index is 2.28. The fraction of sp³-hybridized carbons (Fsp3) is 0.417. The molecule has 0 aliphatic carbocycles. The fourth-order valence-corrected chi connectivity index (χ4v) is 1.78. The average Bonchev–Trinajstić information content (AvgIpc) is 2.58. The largest absolute Gasteiger partial charge is 0.487 e. The third-order valence-corrected chi connectivity index (χ3v) is 2.77. The Morgan fingerprint density at radius 3 is 2.75 bits per heavy atom. The lowest BCUT2D eigenvalue weighted by Crippen LogP contribution is -2.39. The number of hydrogen-bond acceptors (Lipinski definition) is 3. The summed E-state index contributed by atoms with van der Waals surface area (Å²) < 4.78 is 5.56. The van der Waals surface area contributed by atoms with Crippen molar-refractivity contribution in [1.29, 1.82) is 0 Å². The van der Waals surface area contributed by atoms with Gasteiger partial charge in [-0.25, -0.2) is 4.79 Å². The van der Waals surface area contributed by atoms with Gasteiger partial charge in [0.15, 0.2) is 0 Å². The molecule has 0 radical (unpaired) electrons. The first-order chi connectivity index (χ1) is 7.38. The number of carboxylic acids is 1. The number of rotatable bonds is 2. The summed E-state index contributed by atoms with van der Waals surface area (Å²) in [6, 6.07) is 4.75. The number of hydrogen-bond donors (Lipinski definition) is 2. The summed E-state index contributed by atoms with van der Waals surface area (Å²) in [6.45, 7) is 3.36. The highest BCUT2D eigenvalue weighted by Gasteiger charge is 2.34. The number of benzene rings is 1. The van der Waals surface area contributed by atoms with Gasteiger partial charge in [0.1, 0.15) is 11.9 Å². The zero-order valence-electron chi connectivity index (χ0n) is 9.23. The van der Waals surface area contributed by atoms with Crippen LogP contribution in [0, 0.1) is 0 Å². The van der Waals surface area contributed by atoms with Crippen LogP contribution in [0.25, 0.3) is 0 Å². The van der Waals surface area contributed by atoms with E-state index in [9.17, 15) is 9.90 Å². The molecule has 4 heteroatoms. The summed E-state index contributed by atoms with van der Waals surface area (Å²) in [6.07, 6.45) is 0.228. The zero-order chi connectivity index (χ0) is 11.9. The van der Waals surface area contributed by atoms with Crippen LogP contribution in [0.3, 0.4) is 0 Å². The molecular weight excluding hydrogens is 208 g/mol. The molecule has 1 aliphatic heterocycles. The van der Waals surface area contributed by atoms with Crippen LogP contribution in [0.15, 0.2) is 18.2 Å². The van der Waals surface area contributed by atoms with Crippen molar-refractivity contribution in [2.45, 2.75) is 32.0 Å². The number of ether oxygens (including phenoxy) is 1. The van der Waals surface area contributed by atoms with Gasteiger partial charge in [-0.1, -0.05) is 0 Å². The van der Waals surface area contributed by atoms with Crippen LogP contribution in [0.2, 0.25) is 0 Å². The molecule has 1 aliphatic rings. The quantitative estimate of drug-likeness (QED) is 0.795. The van der Waals surface area contributed by atoms with Gasteiger partial charge in [-0.15, -0.1) is 0 Å². The van der Waals surface area contributed by atoms with E-state index in [4.69, 9.17) is 9.84 Å². The highest BCUT2D eigenvalue weighted by atomic mass is 16.5. The molecule has 2 N–H and O–H groups in total. The standard InChI is InChI=1S/C12H14O4/c1-12(2,15)10-6-8-5-7(11(13)14)3-4-9(8)16-10/h3-5,10,15H,6H2,1-2H3,(H,13,14)/t10-/m1/s1. The van der Waals surface area contributed by atoms with Crippen molar-refractivity contribution < 1.29 is 19.7 Å². The lowest BCUT2D eigenvalue weighted by atomic mass is 9.97. The molecule has 0 aromatic heterocycles. The Morgan fingerprint density at radius 2 is 2.19 bits per heavy atom.